The molecule has 1 atom stereocenters. The smallest absolute Gasteiger partial charge is 0.242 e. The van der Waals surface area contributed by atoms with Crippen molar-refractivity contribution in [1.82, 2.24) is 10.2 Å². The number of rotatable bonds is 29. The molecule has 42 heavy (non-hydrogen) atoms. The highest BCUT2D eigenvalue weighted by atomic mass is 32.2. The van der Waals surface area contributed by atoms with Crippen LogP contribution >= 0.6 is 11.8 Å². The van der Waals surface area contributed by atoms with E-state index in [-0.39, 0.29) is 23.0 Å². The van der Waals surface area contributed by atoms with E-state index in [4.69, 9.17) is 0 Å². The van der Waals surface area contributed by atoms with E-state index in [0.29, 0.717) is 30.7 Å². The van der Waals surface area contributed by atoms with E-state index in [0.717, 1.165) is 44.9 Å². The van der Waals surface area contributed by atoms with Crippen molar-refractivity contribution < 1.29 is 14.4 Å². The summed E-state index contributed by atoms with van der Waals surface area (Å²) in [6, 6.07) is 0.308. The highest BCUT2D eigenvalue weighted by molar-refractivity contribution is 8.01. The number of unbranched alkanes of at least 4 members (excludes halogenated alkanes) is 14. The molecule has 1 aliphatic heterocycles. The van der Waals surface area contributed by atoms with Crippen LogP contribution in [0.5, 0.6) is 0 Å². The zero-order chi connectivity index (χ0) is 30.8. The average molecular weight is 609 g/mol. The summed E-state index contributed by atoms with van der Waals surface area (Å²) in [4.78, 5) is 40.1. The maximum Gasteiger partial charge on any atom is 0.242 e. The van der Waals surface area contributed by atoms with Gasteiger partial charge in [-0.25, -0.2) is 0 Å². The van der Waals surface area contributed by atoms with Gasteiger partial charge in [0, 0.05) is 30.7 Å². The third-order valence-electron chi connectivity index (χ3n) is 8.78. The zero-order valence-electron chi connectivity index (χ0n) is 28.2. The minimum atomic E-state index is -0.197. The second kappa shape index (κ2) is 26.4. The van der Waals surface area contributed by atoms with Gasteiger partial charge in [-0.05, 0) is 38.5 Å². The number of carbonyl (C=O) groups is 3. The van der Waals surface area contributed by atoms with E-state index < -0.39 is 0 Å². The van der Waals surface area contributed by atoms with Crippen molar-refractivity contribution in [2.24, 2.45) is 0 Å². The van der Waals surface area contributed by atoms with E-state index in [1.54, 1.807) is 11.8 Å². The summed E-state index contributed by atoms with van der Waals surface area (Å²) in [6.45, 7) is 9.46. The molecule has 1 aliphatic rings. The van der Waals surface area contributed by atoms with Crippen LogP contribution in [-0.2, 0) is 14.4 Å². The Labute approximate surface area is 264 Å². The number of imide groups is 1. The molecule has 0 bridgehead atoms. The average Bonchev–Trinajstić information content (AvgIpc) is 3.23. The first kappa shape index (κ1) is 39.0. The number of amides is 3. The Morgan fingerprint density at radius 1 is 0.690 bits per heavy atom. The van der Waals surface area contributed by atoms with Gasteiger partial charge in [0.2, 0.25) is 17.7 Å². The Bertz CT molecular complexity index is 677. The van der Waals surface area contributed by atoms with Crippen molar-refractivity contribution in [2.75, 3.05) is 6.54 Å². The summed E-state index contributed by atoms with van der Waals surface area (Å²) >= 11 is 1.78. The van der Waals surface area contributed by atoms with Gasteiger partial charge in [-0.15, -0.1) is 11.8 Å². The van der Waals surface area contributed by atoms with Crippen LogP contribution in [-0.4, -0.2) is 45.7 Å². The second-order valence-electron chi connectivity index (χ2n) is 12.8. The predicted molar refractivity (Wildman–Crippen MR) is 182 cm³/mol. The van der Waals surface area contributed by atoms with Gasteiger partial charge in [0.15, 0.2) is 0 Å². The molecule has 1 unspecified atom stereocenters. The quantitative estimate of drug-likeness (QED) is 0.0678. The van der Waals surface area contributed by atoms with Crippen LogP contribution in [0.3, 0.4) is 0 Å². The monoisotopic (exact) mass is 608 g/mol. The van der Waals surface area contributed by atoms with Crippen molar-refractivity contribution in [2.45, 2.75) is 205 Å². The fourth-order valence-electron chi connectivity index (χ4n) is 6.06. The molecular formula is C36H68N2O3S. The molecule has 1 rings (SSSR count). The van der Waals surface area contributed by atoms with Crippen molar-refractivity contribution in [1.29, 1.82) is 0 Å². The fourth-order valence-corrected chi connectivity index (χ4v) is 7.61. The summed E-state index contributed by atoms with van der Waals surface area (Å²) < 4.78 is 0. The highest BCUT2D eigenvalue weighted by Gasteiger charge is 2.39. The van der Waals surface area contributed by atoms with Gasteiger partial charge in [-0.1, -0.05) is 137 Å². The Kier molecular flexibility index (Phi) is 24.5. The SMILES string of the molecule is CCCCCCCC(CCCCCCC)NC(=O)CCCCCN1C(=O)CC(SC(CCCCC)CCCCC)C1=O. The molecule has 0 aliphatic carbocycles. The van der Waals surface area contributed by atoms with Crippen molar-refractivity contribution in [3.05, 3.63) is 0 Å². The molecular weight excluding hydrogens is 540 g/mol. The van der Waals surface area contributed by atoms with Gasteiger partial charge < -0.3 is 5.32 Å². The van der Waals surface area contributed by atoms with Gasteiger partial charge >= 0.3 is 0 Å². The largest absolute Gasteiger partial charge is 0.353 e. The number of hydrogen-bond donors (Lipinski definition) is 1. The van der Waals surface area contributed by atoms with Crippen molar-refractivity contribution in [3.63, 3.8) is 0 Å². The maximum atomic E-state index is 13.1. The zero-order valence-corrected chi connectivity index (χ0v) is 29.0. The lowest BCUT2D eigenvalue weighted by atomic mass is 10.00. The van der Waals surface area contributed by atoms with Crippen LogP contribution in [0.1, 0.15) is 188 Å². The third kappa shape index (κ3) is 18.6. The molecule has 0 aromatic carbocycles. The predicted octanol–water partition coefficient (Wildman–Crippen LogP) is 10.1. The Morgan fingerprint density at radius 2 is 1.17 bits per heavy atom. The summed E-state index contributed by atoms with van der Waals surface area (Å²) in [6.07, 6.45) is 27.9. The van der Waals surface area contributed by atoms with Crippen LogP contribution in [0.25, 0.3) is 0 Å². The summed E-state index contributed by atoms with van der Waals surface area (Å²) in [7, 11) is 0. The molecule has 0 aromatic rings. The number of nitrogens with one attached hydrogen (secondary N) is 1. The second-order valence-corrected chi connectivity index (χ2v) is 14.3. The number of thioether (sulfide) groups is 1. The van der Waals surface area contributed by atoms with E-state index in [1.807, 2.05) is 0 Å². The number of nitrogens with zero attached hydrogens (tertiary/aromatic N) is 1. The van der Waals surface area contributed by atoms with Gasteiger partial charge in [0.1, 0.15) is 0 Å². The van der Waals surface area contributed by atoms with Crippen LogP contribution in [0, 0.1) is 0 Å². The standard InChI is InChI=1S/C36H68N2O3S/c1-5-9-13-15-20-24-31(25-21-16-14-10-6-2)37-34(39)28-22-17-23-29-38-35(40)30-33(36(38)41)42-32(26-18-11-7-3)27-19-12-8-4/h31-33H,5-30H2,1-4H3,(H,37,39). The topological polar surface area (TPSA) is 66.5 Å². The van der Waals surface area contributed by atoms with Crippen LogP contribution in [0.4, 0.5) is 0 Å². The first-order valence-corrected chi connectivity index (χ1v) is 19.2. The van der Waals surface area contributed by atoms with E-state index in [2.05, 4.69) is 33.0 Å². The van der Waals surface area contributed by atoms with Crippen molar-refractivity contribution in [3.8, 4) is 0 Å². The lowest BCUT2D eigenvalue weighted by Gasteiger charge is -2.20. The van der Waals surface area contributed by atoms with E-state index in [9.17, 15) is 14.4 Å². The van der Waals surface area contributed by atoms with Gasteiger partial charge in [-0.2, -0.15) is 0 Å². The Hall–Kier alpha value is -1.04. The summed E-state index contributed by atoms with van der Waals surface area (Å²) in [5, 5.41) is 3.63. The molecule has 5 nitrogen and oxygen atoms in total. The molecule has 0 saturated carbocycles. The molecule has 0 spiro atoms. The lowest BCUT2D eigenvalue weighted by molar-refractivity contribution is -0.138. The third-order valence-corrected chi connectivity index (χ3v) is 10.3. The molecule has 246 valence electrons. The van der Waals surface area contributed by atoms with E-state index in [1.165, 1.54) is 108 Å². The highest BCUT2D eigenvalue weighted by Crippen LogP contribution is 2.33. The summed E-state index contributed by atoms with van der Waals surface area (Å²) in [5.41, 5.74) is 0. The minimum absolute atomic E-state index is 0.00294. The number of hydrogen-bond acceptors (Lipinski definition) is 4. The Balaban J connectivity index is 2.39. The lowest BCUT2D eigenvalue weighted by Crippen LogP contribution is -2.35. The van der Waals surface area contributed by atoms with Gasteiger partial charge in [-0.3, -0.25) is 19.3 Å². The van der Waals surface area contributed by atoms with Crippen LogP contribution in [0.2, 0.25) is 0 Å². The normalized spacial score (nSPS) is 15.5. The molecule has 0 aromatic heterocycles. The molecule has 3 amide bonds. The molecule has 1 saturated heterocycles. The maximum absolute atomic E-state index is 13.1. The van der Waals surface area contributed by atoms with Crippen LogP contribution in [0.15, 0.2) is 0 Å². The van der Waals surface area contributed by atoms with E-state index >= 15 is 0 Å². The number of carbonyl (C=O) groups excluding carboxylic acids is 3. The van der Waals surface area contributed by atoms with Gasteiger partial charge in [0.05, 0.1) is 5.25 Å². The first-order chi connectivity index (χ1) is 20.5. The van der Waals surface area contributed by atoms with Crippen LogP contribution < -0.4 is 5.32 Å². The first-order valence-electron chi connectivity index (χ1n) is 18.3. The molecule has 0 radical (unpaired) electrons. The minimum Gasteiger partial charge on any atom is -0.353 e. The molecule has 1 N–H and O–H groups in total. The molecule has 1 heterocycles. The van der Waals surface area contributed by atoms with Gasteiger partial charge in [0.25, 0.3) is 0 Å². The molecule has 1 fully saturated rings. The molecule has 6 heteroatoms. The fraction of sp³-hybridized carbons (Fsp3) is 0.917. The Morgan fingerprint density at radius 3 is 1.71 bits per heavy atom. The number of likely N-dealkylation sites (tertiary alicyclic amines) is 1. The summed E-state index contributed by atoms with van der Waals surface area (Å²) in [5.74, 6) is 0.195. The van der Waals surface area contributed by atoms with Crippen molar-refractivity contribution >= 4 is 29.5 Å².